The van der Waals surface area contributed by atoms with Crippen molar-refractivity contribution in [1.29, 1.82) is 0 Å². The van der Waals surface area contributed by atoms with Gasteiger partial charge in [-0.1, -0.05) is 6.07 Å². The lowest BCUT2D eigenvalue weighted by Gasteiger charge is -2.05. The molecule has 0 saturated heterocycles. The summed E-state index contributed by atoms with van der Waals surface area (Å²) in [5.74, 6) is 1.01. The number of hydrogen-bond donors (Lipinski definition) is 1. The standard InChI is InChI=1S/C15H19N5/c1-9-15(14(8-16)20(4)18-9)11-5-6-13-12(7-11)17-10(2)19(13)3/h5-7H,8,16H2,1-4H3. The van der Waals surface area contributed by atoms with Crippen LogP contribution >= 0.6 is 0 Å². The monoisotopic (exact) mass is 269 g/mol. The van der Waals surface area contributed by atoms with E-state index in [1.54, 1.807) is 0 Å². The fourth-order valence-electron chi connectivity index (χ4n) is 2.79. The van der Waals surface area contributed by atoms with Crippen LogP contribution in [-0.4, -0.2) is 19.3 Å². The van der Waals surface area contributed by atoms with Gasteiger partial charge in [-0.3, -0.25) is 4.68 Å². The van der Waals surface area contributed by atoms with E-state index in [9.17, 15) is 0 Å². The number of aryl methyl sites for hydroxylation is 4. The summed E-state index contributed by atoms with van der Waals surface area (Å²) in [6.07, 6.45) is 0. The van der Waals surface area contributed by atoms with Gasteiger partial charge in [-0.25, -0.2) is 4.98 Å². The number of nitrogens with zero attached hydrogens (tertiary/aromatic N) is 4. The zero-order chi connectivity index (χ0) is 14.4. The highest BCUT2D eigenvalue weighted by Crippen LogP contribution is 2.29. The smallest absolute Gasteiger partial charge is 0.106 e. The Bertz CT molecular complexity index is 794. The number of benzene rings is 1. The van der Waals surface area contributed by atoms with Crippen LogP contribution in [0, 0.1) is 13.8 Å². The highest BCUT2D eigenvalue weighted by molar-refractivity contribution is 5.83. The third-order valence-electron chi connectivity index (χ3n) is 3.93. The number of aromatic nitrogens is 4. The normalized spacial score (nSPS) is 11.4. The first-order valence-corrected chi connectivity index (χ1v) is 6.69. The second kappa shape index (κ2) is 4.45. The summed E-state index contributed by atoms with van der Waals surface area (Å²) in [6, 6.07) is 6.34. The van der Waals surface area contributed by atoms with Crippen LogP contribution in [0.25, 0.3) is 22.2 Å². The van der Waals surface area contributed by atoms with Crippen LogP contribution in [0.4, 0.5) is 0 Å². The molecule has 2 aromatic heterocycles. The molecule has 0 spiro atoms. The van der Waals surface area contributed by atoms with Gasteiger partial charge in [0.25, 0.3) is 0 Å². The lowest BCUT2D eigenvalue weighted by molar-refractivity contribution is 0.706. The molecule has 0 saturated carbocycles. The van der Waals surface area contributed by atoms with Crippen LogP contribution in [0.3, 0.4) is 0 Å². The number of rotatable bonds is 2. The zero-order valence-electron chi connectivity index (χ0n) is 12.3. The fraction of sp³-hybridized carbons (Fsp3) is 0.333. The van der Waals surface area contributed by atoms with Crippen LogP contribution in [-0.2, 0) is 20.6 Å². The molecule has 0 aliphatic rings. The van der Waals surface area contributed by atoms with Crippen LogP contribution in [0.15, 0.2) is 18.2 Å². The molecule has 20 heavy (non-hydrogen) atoms. The van der Waals surface area contributed by atoms with Crippen LogP contribution in [0.1, 0.15) is 17.2 Å². The van der Waals surface area contributed by atoms with E-state index >= 15 is 0 Å². The van der Waals surface area contributed by atoms with Crippen molar-refractivity contribution in [3.63, 3.8) is 0 Å². The first-order chi connectivity index (χ1) is 9.52. The van der Waals surface area contributed by atoms with Crippen molar-refractivity contribution in [2.24, 2.45) is 19.8 Å². The van der Waals surface area contributed by atoms with Crippen molar-refractivity contribution < 1.29 is 0 Å². The van der Waals surface area contributed by atoms with Crippen molar-refractivity contribution in [3.8, 4) is 11.1 Å². The van der Waals surface area contributed by atoms with E-state index in [4.69, 9.17) is 5.73 Å². The Morgan fingerprint density at radius 3 is 2.65 bits per heavy atom. The Morgan fingerprint density at radius 1 is 1.20 bits per heavy atom. The highest BCUT2D eigenvalue weighted by Gasteiger charge is 2.15. The fourth-order valence-corrected chi connectivity index (χ4v) is 2.79. The summed E-state index contributed by atoms with van der Waals surface area (Å²) in [4.78, 5) is 4.60. The van der Waals surface area contributed by atoms with Gasteiger partial charge < -0.3 is 10.3 Å². The van der Waals surface area contributed by atoms with Gasteiger partial charge in [0.05, 0.1) is 22.4 Å². The summed E-state index contributed by atoms with van der Waals surface area (Å²) in [7, 11) is 3.97. The molecule has 0 fully saturated rings. The second-order valence-electron chi connectivity index (χ2n) is 5.16. The van der Waals surface area contributed by atoms with E-state index in [0.717, 1.165) is 39.4 Å². The van der Waals surface area contributed by atoms with E-state index in [0.29, 0.717) is 6.54 Å². The van der Waals surface area contributed by atoms with Crippen LogP contribution in [0.2, 0.25) is 0 Å². The molecule has 0 unspecified atom stereocenters. The molecule has 0 aliphatic carbocycles. The average molecular weight is 269 g/mol. The third-order valence-corrected chi connectivity index (χ3v) is 3.93. The molecule has 0 atom stereocenters. The molecule has 3 aromatic rings. The van der Waals surface area contributed by atoms with E-state index in [1.165, 1.54) is 0 Å². The van der Waals surface area contributed by atoms with Gasteiger partial charge in [-0.2, -0.15) is 5.10 Å². The molecule has 2 N–H and O–H groups in total. The predicted octanol–water partition coefficient (Wildman–Crippen LogP) is 2.05. The summed E-state index contributed by atoms with van der Waals surface area (Å²) in [5.41, 5.74) is 12.3. The molecule has 2 heterocycles. The van der Waals surface area contributed by atoms with E-state index < -0.39 is 0 Å². The minimum absolute atomic E-state index is 0.478. The number of hydrogen-bond acceptors (Lipinski definition) is 3. The van der Waals surface area contributed by atoms with E-state index in [1.807, 2.05) is 32.6 Å². The minimum atomic E-state index is 0.478. The van der Waals surface area contributed by atoms with Gasteiger partial charge in [-0.05, 0) is 31.5 Å². The van der Waals surface area contributed by atoms with Crippen molar-refractivity contribution in [2.45, 2.75) is 20.4 Å². The van der Waals surface area contributed by atoms with Crippen molar-refractivity contribution in [2.75, 3.05) is 0 Å². The van der Waals surface area contributed by atoms with Crippen LogP contribution < -0.4 is 5.73 Å². The lowest BCUT2D eigenvalue weighted by atomic mass is 10.0. The summed E-state index contributed by atoms with van der Waals surface area (Å²) >= 11 is 0. The van der Waals surface area contributed by atoms with Gasteiger partial charge in [0.15, 0.2) is 0 Å². The van der Waals surface area contributed by atoms with Gasteiger partial charge in [-0.15, -0.1) is 0 Å². The molecule has 5 nitrogen and oxygen atoms in total. The molecule has 1 aromatic carbocycles. The topological polar surface area (TPSA) is 61.7 Å². The number of imidazole rings is 1. The van der Waals surface area contributed by atoms with Gasteiger partial charge in [0, 0.05) is 26.2 Å². The molecule has 3 rings (SSSR count). The van der Waals surface area contributed by atoms with Gasteiger partial charge in [0.1, 0.15) is 5.82 Å². The quantitative estimate of drug-likeness (QED) is 0.774. The molecule has 104 valence electrons. The molecule has 0 aliphatic heterocycles. The third kappa shape index (κ3) is 1.74. The second-order valence-corrected chi connectivity index (χ2v) is 5.16. The van der Waals surface area contributed by atoms with Crippen molar-refractivity contribution in [3.05, 3.63) is 35.4 Å². The highest BCUT2D eigenvalue weighted by atomic mass is 15.3. The van der Waals surface area contributed by atoms with Gasteiger partial charge in [0.2, 0.25) is 0 Å². The minimum Gasteiger partial charge on any atom is -0.331 e. The summed E-state index contributed by atoms with van der Waals surface area (Å²) in [5, 5.41) is 4.47. The largest absolute Gasteiger partial charge is 0.331 e. The van der Waals surface area contributed by atoms with Gasteiger partial charge >= 0.3 is 0 Å². The Kier molecular flexibility index (Phi) is 2.87. The number of fused-ring (bicyclic) bond motifs is 1. The Morgan fingerprint density at radius 2 is 1.95 bits per heavy atom. The molecule has 0 bridgehead atoms. The van der Waals surface area contributed by atoms with Crippen LogP contribution in [0.5, 0.6) is 0 Å². The molecule has 0 radical (unpaired) electrons. The Balaban J connectivity index is 2.25. The first kappa shape index (κ1) is 12.9. The molecular weight excluding hydrogens is 250 g/mol. The van der Waals surface area contributed by atoms with Crippen molar-refractivity contribution >= 4 is 11.0 Å². The SMILES string of the molecule is Cc1nn(C)c(CN)c1-c1ccc2c(c1)nc(C)n2C. The maximum atomic E-state index is 5.86. The first-order valence-electron chi connectivity index (χ1n) is 6.69. The molecule has 0 amide bonds. The Labute approximate surface area is 118 Å². The summed E-state index contributed by atoms with van der Waals surface area (Å²) in [6.45, 7) is 4.51. The predicted molar refractivity (Wildman–Crippen MR) is 80.3 cm³/mol. The van der Waals surface area contributed by atoms with E-state index in [-0.39, 0.29) is 0 Å². The maximum absolute atomic E-state index is 5.86. The average Bonchev–Trinajstić information content (AvgIpc) is 2.86. The maximum Gasteiger partial charge on any atom is 0.106 e. The molecular formula is C15H19N5. The Hall–Kier alpha value is -2.14. The number of nitrogens with two attached hydrogens (primary N) is 1. The molecule has 5 heteroatoms. The summed E-state index contributed by atoms with van der Waals surface area (Å²) < 4.78 is 3.96. The zero-order valence-corrected chi connectivity index (χ0v) is 12.3. The van der Waals surface area contributed by atoms with E-state index in [2.05, 4.69) is 32.8 Å². The lowest BCUT2D eigenvalue weighted by Crippen LogP contribution is -2.05. The van der Waals surface area contributed by atoms with Crippen molar-refractivity contribution in [1.82, 2.24) is 19.3 Å².